The molecule has 0 aromatic rings. The Balaban J connectivity index is 3.76. The molecule has 0 saturated heterocycles. The van der Waals surface area contributed by atoms with Crippen molar-refractivity contribution < 1.29 is 14.7 Å². The lowest BCUT2D eigenvalue weighted by Crippen LogP contribution is -2.43. The smallest absolute Gasteiger partial charge is 0.239 e. The second kappa shape index (κ2) is 5.70. The summed E-state index contributed by atoms with van der Waals surface area (Å²) in [5, 5.41) is 14.5. The number of rotatable bonds is 4. The van der Waals surface area contributed by atoms with Crippen molar-refractivity contribution in [3.05, 3.63) is 0 Å². The van der Waals surface area contributed by atoms with E-state index < -0.39 is 6.10 Å². The van der Waals surface area contributed by atoms with Crippen molar-refractivity contribution in [3.8, 4) is 0 Å². The van der Waals surface area contributed by atoms with Crippen molar-refractivity contribution in [2.45, 2.75) is 33.8 Å². The maximum Gasteiger partial charge on any atom is 0.239 e. The van der Waals surface area contributed by atoms with E-state index in [9.17, 15) is 14.7 Å². The van der Waals surface area contributed by atoms with Gasteiger partial charge in [-0.2, -0.15) is 0 Å². The molecule has 0 aliphatic carbocycles. The Morgan fingerprint density at radius 2 is 1.80 bits per heavy atom. The first-order chi connectivity index (χ1) is 6.73. The Labute approximate surface area is 90.2 Å². The zero-order valence-electron chi connectivity index (χ0n) is 9.76. The molecule has 1 unspecified atom stereocenters. The fraction of sp³-hybridized carbons (Fsp3) is 0.800. The third-order valence-corrected chi connectivity index (χ3v) is 1.99. The zero-order valence-corrected chi connectivity index (χ0v) is 9.76. The van der Waals surface area contributed by atoms with Crippen molar-refractivity contribution in [1.29, 1.82) is 0 Å². The van der Waals surface area contributed by atoms with Crippen molar-refractivity contribution in [3.63, 3.8) is 0 Å². The summed E-state index contributed by atoms with van der Waals surface area (Å²) in [4.78, 5) is 21.6. The topological polar surface area (TPSA) is 78.4 Å². The van der Waals surface area contributed by atoms with E-state index >= 15 is 0 Å². The van der Waals surface area contributed by atoms with Gasteiger partial charge in [0.05, 0.1) is 12.6 Å². The van der Waals surface area contributed by atoms with Crippen LogP contribution >= 0.6 is 0 Å². The SMILES string of the molecule is CC(=O)NCC(=O)NCC(O)C(C)(C)C. The summed E-state index contributed by atoms with van der Waals surface area (Å²) in [5.41, 5.74) is -0.263. The molecular formula is C10H20N2O3. The molecule has 0 rings (SSSR count). The lowest BCUT2D eigenvalue weighted by Gasteiger charge is -2.25. The maximum atomic E-state index is 11.1. The average molecular weight is 216 g/mol. The molecule has 0 spiro atoms. The lowest BCUT2D eigenvalue weighted by atomic mass is 9.89. The molecule has 15 heavy (non-hydrogen) atoms. The summed E-state index contributed by atoms with van der Waals surface area (Å²) in [5.74, 6) is -0.546. The summed E-state index contributed by atoms with van der Waals surface area (Å²) in [6.45, 7) is 7.15. The van der Waals surface area contributed by atoms with Crippen LogP contribution in [0.15, 0.2) is 0 Å². The van der Waals surface area contributed by atoms with Crippen LogP contribution in [0, 0.1) is 5.41 Å². The number of aliphatic hydroxyl groups excluding tert-OH is 1. The fourth-order valence-corrected chi connectivity index (χ4v) is 0.784. The molecule has 88 valence electrons. The van der Waals surface area contributed by atoms with Crippen LogP contribution in [0.1, 0.15) is 27.7 Å². The molecule has 0 aliphatic heterocycles. The Bertz CT molecular complexity index is 233. The van der Waals surface area contributed by atoms with Crippen LogP contribution in [0.25, 0.3) is 0 Å². The molecule has 0 aliphatic rings. The highest BCUT2D eigenvalue weighted by atomic mass is 16.3. The maximum absolute atomic E-state index is 11.1. The largest absolute Gasteiger partial charge is 0.391 e. The van der Waals surface area contributed by atoms with Gasteiger partial charge in [-0.15, -0.1) is 0 Å². The number of nitrogens with one attached hydrogen (secondary N) is 2. The molecule has 0 saturated carbocycles. The molecule has 0 radical (unpaired) electrons. The van der Waals surface area contributed by atoms with E-state index in [4.69, 9.17) is 0 Å². The predicted octanol–water partition coefficient (Wildman–Crippen LogP) is -0.354. The number of aliphatic hydroxyl groups is 1. The van der Waals surface area contributed by atoms with Gasteiger partial charge in [0.25, 0.3) is 0 Å². The summed E-state index contributed by atoms with van der Waals surface area (Å²) in [7, 11) is 0. The minimum Gasteiger partial charge on any atom is -0.391 e. The number of hydrogen-bond donors (Lipinski definition) is 3. The molecule has 0 aromatic heterocycles. The number of carbonyl (C=O) groups excluding carboxylic acids is 2. The highest BCUT2D eigenvalue weighted by Crippen LogP contribution is 2.17. The first-order valence-electron chi connectivity index (χ1n) is 4.92. The van der Waals surface area contributed by atoms with Gasteiger partial charge in [-0.25, -0.2) is 0 Å². The fourth-order valence-electron chi connectivity index (χ4n) is 0.784. The summed E-state index contributed by atoms with van der Waals surface area (Å²) in [6, 6.07) is 0. The van der Waals surface area contributed by atoms with Gasteiger partial charge in [-0.05, 0) is 5.41 Å². The van der Waals surface area contributed by atoms with Crippen molar-refractivity contribution in [2.75, 3.05) is 13.1 Å². The first-order valence-corrected chi connectivity index (χ1v) is 4.92. The van der Waals surface area contributed by atoms with Crippen molar-refractivity contribution >= 4 is 11.8 Å². The number of amides is 2. The van der Waals surface area contributed by atoms with Gasteiger partial charge in [-0.1, -0.05) is 20.8 Å². The molecule has 1 atom stereocenters. The summed E-state index contributed by atoms with van der Waals surface area (Å²) < 4.78 is 0. The monoisotopic (exact) mass is 216 g/mol. The van der Waals surface area contributed by atoms with Crippen LogP contribution in [-0.2, 0) is 9.59 Å². The Morgan fingerprint density at radius 3 is 2.20 bits per heavy atom. The molecule has 3 N–H and O–H groups in total. The van der Waals surface area contributed by atoms with Gasteiger partial charge in [0.2, 0.25) is 11.8 Å². The quantitative estimate of drug-likeness (QED) is 0.601. The molecular weight excluding hydrogens is 196 g/mol. The van der Waals surface area contributed by atoms with Crippen LogP contribution in [-0.4, -0.2) is 36.1 Å². The van der Waals surface area contributed by atoms with Gasteiger partial charge in [0, 0.05) is 13.5 Å². The molecule has 0 bridgehead atoms. The number of hydrogen-bond acceptors (Lipinski definition) is 3. The lowest BCUT2D eigenvalue weighted by molar-refractivity contribution is -0.125. The second-order valence-electron chi connectivity index (χ2n) is 4.60. The average Bonchev–Trinajstić information content (AvgIpc) is 2.09. The molecule has 2 amide bonds. The van der Waals surface area contributed by atoms with Gasteiger partial charge in [-0.3, -0.25) is 9.59 Å². The standard InChI is InChI=1S/C10H20N2O3/c1-7(13)11-6-9(15)12-5-8(14)10(2,3)4/h8,14H,5-6H2,1-4H3,(H,11,13)(H,12,15). The van der Waals surface area contributed by atoms with E-state index in [-0.39, 0.29) is 30.3 Å². The van der Waals surface area contributed by atoms with Gasteiger partial charge >= 0.3 is 0 Å². The third kappa shape index (κ3) is 6.90. The van der Waals surface area contributed by atoms with E-state index in [1.807, 2.05) is 20.8 Å². The highest BCUT2D eigenvalue weighted by molar-refractivity contribution is 5.83. The van der Waals surface area contributed by atoms with E-state index in [0.717, 1.165) is 0 Å². The molecule has 5 nitrogen and oxygen atoms in total. The van der Waals surface area contributed by atoms with E-state index in [1.54, 1.807) is 0 Å². The Hall–Kier alpha value is -1.10. The van der Waals surface area contributed by atoms with Crippen LogP contribution in [0.5, 0.6) is 0 Å². The van der Waals surface area contributed by atoms with Crippen LogP contribution in [0.4, 0.5) is 0 Å². The molecule has 0 heterocycles. The first kappa shape index (κ1) is 13.9. The van der Waals surface area contributed by atoms with Crippen LogP contribution in [0.2, 0.25) is 0 Å². The van der Waals surface area contributed by atoms with Crippen LogP contribution < -0.4 is 10.6 Å². The number of carbonyl (C=O) groups is 2. The van der Waals surface area contributed by atoms with Crippen LogP contribution in [0.3, 0.4) is 0 Å². The highest BCUT2D eigenvalue weighted by Gasteiger charge is 2.22. The van der Waals surface area contributed by atoms with Gasteiger partial charge in [0.1, 0.15) is 0 Å². The zero-order chi connectivity index (χ0) is 12.1. The molecule has 0 aromatic carbocycles. The summed E-state index contributed by atoms with van der Waals surface area (Å²) >= 11 is 0. The predicted molar refractivity (Wildman–Crippen MR) is 57.2 cm³/mol. The van der Waals surface area contributed by atoms with Crippen molar-refractivity contribution in [1.82, 2.24) is 10.6 Å². The van der Waals surface area contributed by atoms with E-state index in [1.165, 1.54) is 6.92 Å². The van der Waals surface area contributed by atoms with E-state index in [0.29, 0.717) is 0 Å². The molecule has 5 heteroatoms. The normalized spacial score (nSPS) is 13.1. The second-order valence-corrected chi connectivity index (χ2v) is 4.60. The minimum atomic E-state index is -0.598. The third-order valence-electron chi connectivity index (χ3n) is 1.99. The van der Waals surface area contributed by atoms with Gasteiger partial charge in [0.15, 0.2) is 0 Å². The Morgan fingerprint density at radius 1 is 1.27 bits per heavy atom. The summed E-state index contributed by atoms with van der Waals surface area (Å²) in [6.07, 6.45) is -0.598. The molecule has 0 fully saturated rings. The van der Waals surface area contributed by atoms with Crippen molar-refractivity contribution in [2.24, 2.45) is 5.41 Å². The van der Waals surface area contributed by atoms with Gasteiger partial charge < -0.3 is 15.7 Å². The Kier molecular flexibility index (Phi) is 5.28. The minimum absolute atomic E-state index is 0.0494. The van der Waals surface area contributed by atoms with E-state index in [2.05, 4.69) is 10.6 Å².